The third-order valence-electron chi connectivity index (χ3n) is 2.18. The highest BCUT2D eigenvalue weighted by Gasteiger charge is 2.22. The topological polar surface area (TPSA) is 26.3 Å². The molecule has 0 N–H and O–H groups in total. The van der Waals surface area contributed by atoms with Gasteiger partial charge in [-0.2, -0.15) is 0 Å². The molecule has 0 aliphatic carbocycles. The van der Waals surface area contributed by atoms with E-state index in [1.54, 1.807) is 19.1 Å². The highest BCUT2D eigenvalue weighted by molar-refractivity contribution is 5.62. The molecule has 0 radical (unpaired) electrons. The second-order valence-corrected chi connectivity index (χ2v) is 3.44. The van der Waals surface area contributed by atoms with Gasteiger partial charge in [-0.05, 0) is 24.6 Å². The van der Waals surface area contributed by atoms with E-state index in [9.17, 15) is 9.18 Å². The van der Waals surface area contributed by atoms with Crippen molar-refractivity contribution in [3.05, 3.63) is 35.6 Å². The maximum Gasteiger partial charge on any atom is 0.151 e. The van der Waals surface area contributed by atoms with Gasteiger partial charge in [0.1, 0.15) is 11.4 Å². The first kappa shape index (κ1) is 10.9. The van der Waals surface area contributed by atoms with E-state index in [1.165, 1.54) is 19.2 Å². The first-order valence-electron chi connectivity index (χ1n) is 4.35. The van der Waals surface area contributed by atoms with E-state index in [4.69, 9.17) is 4.74 Å². The molecule has 0 aliphatic heterocycles. The summed E-state index contributed by atoms with van der Waals surface area (Å²) in [5, 5.41) is 0. The minimum Gasteiger partial charge on any atom is -0.371 e. The Labute approximate surface area is 82.7 Å². The van der Waals surface area contributed by atoms with Crippen LogP contribution in [0.3, 0.4) is 0 Å². The fourth-order valence-corrected chi connectivity index (χ4v) is 1.17. The molecule has 1 atom stereocenters. The predicted molar refractivity (Wildman–Crippen MR) is 51.6 cm³/mol. The molecule has 1 aromatic rings. The monoisotopic (exact) mass is 196 g/mol. The highest BCUT2D eigenvalue weighted by atomic mass is 19.1. The van der Waals surface area contributed by atoms with Crippen LogP contribution in [0.1, 0.15) is 12.5 Å². The van der Waals surface area contributed by atoms with Gasteiger partial charge < -0.3 is 9.53 Å². The number of halogens is 1. The van der Waals surface area contributed by atoms with Gasteiger partial charge in [-0.3, -0.25) is 0 Å². The molecule has 0 aromatic heterocycles. The number of benzene rings is 1. The van der Waals surface area contributed by atoms with E-state index in [2.05, 4.69) is 0 Å². The van der Waals surface area contributed by atoms with Crippen LogP contribution in [0.2, 0.25) is 0 Å². The summed E-state index contributed by atoms with van der Waals surface area (Å²) in [5.41, 5.74) is 0.0560. The van der Waals surface area contributed by atoms with Gasteiger partial charge in [0.05, 0.1) is 0 Å². The van der Waals surface area contributed by atoms with Gasteiger partial charge >= 0.3 is 0 Å². The molecule has 1 rings (SSSR count). The van der Waals surface area contributed by atoms with Crippen LogP contribution >= 0.6 is 0 Å². The zero-order chi connectivity index (χ0) is 10.6. The van der Waals surface area contributed by atoms with Gasteiger partial charge in [-0.15, -0.1) is 0 Å². The van der Waals surface area contributed by atoms with Crippen molar-refractivity contribution in [2.75, 3.05) is 7.11 Å². The van der Waals surface area contributed by atoms with E-state index in [-0.39, 0.29) is 5.82 Å². The van der Waals surface area contributed by atoms with Crippen LogP contribution in [-0.4, -0.2) is 19.0 Å². The van der Waals surface area contributed by atoms with Crippen molar-refractivity contribution in [1.29, 1.82) is 0 Å². The summed E-state index contributed by atoms with van der Waals surface area (Å²) in [5.74, 6) is -0.279. The van der Waals surface area contributed by atoms with Crippen molar-refractivity contribution in [2.24, 2.45) is 0 Å². The van der Waals surface area contributed by atoms with Crippen LogP contribution in [0, 0.1) is 5.82 Å². The minimum atomic E-state index is -0.822. The fourth-order valence-electron chi connectivity index (χ4n) is 1.17. The Morgan fingerprint density at radius 2 is 2.00 bits per heavy atom. The van der Waals surface area contributed by atoms with Crippen molar-refractivity contribution in [2.45, 2.75) is 18.9 Å². The molecular weight excluding hydrogens is 183 g/mol. The number of rotatable bonds is 4. The van der Waals surface area contributed by atoms with Gasteiger partial charge in [0, 0.05) is 13.5 Å². The minimum absolute atomic E-state index is 0.279. The van der Waals surface area contributed by atoms with Crippen molar-refractivity contribution in [3.8, 4) is 0 Å². The Kier molecular flexibility index (Phi) is 3.36. The number of carbonyl (C=O) groups is 1. The number of hydrogen-bond donors (Lipinski definition) is 0. The van der Waals surface area contributed by atoms with Gasteiger partial charge in [0.2, 0.25) is 0 Å². The molecule has 1 aromatic carbocycles. The number of aldehydes is 1. The number of carbonyl (C=O) groups excluding carboxylic acids is 1. The molecule has 0 spiro atoms. The van der Waals surface area contributed by atoms with Crippen LogP contribution in [-0.2, 0) is 16.0 Å². The van der Waals surface area contributed by atoms with Crippen molar-refractivity contribution < 1.29 is 13.9 Å². The molecule has 0 saturated carbocycles. The van der Waals surface area contributed by atoms with E-state index < -0.39 is 5.60 Å². The summed E-state index contributed by atoms with van der Waals surface area (Å²) in [6.07, 6.45) is 1.21. The Hall–Kier alpha value is -1.22. The second kappa shape index (κ2) is 4.33. The first-order valence-corrected chi connectivity index (χ1v) is 4.35. The van der Waals surface area contributed by atoms with E-state index in [0.717, 1.165) is 11.8 Å². The largest absolute Gasteiger partial charge is 0.371 e. The molecular formula is C11H13FO2. The van der Waals surface area contributed by atoms with E-state index in [1.807, 2.05) is 0 Å². The smallest absolute Gasteiger partial charge is 0.151 e. The number of methoxy groups -OCH3 is 1. The van der Waals surface area contributed by atoms with Crippen molar-refractivity contribution >= 4 is 6.29 Å². The summed E-state index contributed by atoms with van der Waals surface area (Å²) in [7, 11) is 1.48. The van der Waals surface area contributed by atoms with E-state index >= 15 is 0 Å². The van der Waals surface area contributed by atoms with Crippen molar-refractivity contribution in [1.82, 2.24) is 0 Å². The Balaban J connectivity index is 2.77. The van der Waals surface area contributed by atoms with Gasteiger partial charge in [-0.1, -0.05) is 12.1 Å². The zero-order valence-corrected chi connectivity index (χ0v) is 8.29. The van der Waals surface area contributed by atoms with Crippen LogP contribution < -0.4 is 0 Å². The molecule has 0 aliphatic rings. The Bertz CT molecular complexity index is 308. The fraction of sp³-hybridized carbons (Fsp3) is 0.364. The lowest BCUT2D eigenvalue weighted by Gasteiger charge is -2.20. The van der Waals surface area contributed by atoms with Crippen LogP contribution in [0.5, 0.6) is 0 Å². The van der Waals surface area contributed by atoms with Crippen LogP contribution in [0.15, 0.2) is 24.3 Å². The number of hydrogen-bond acceptors (Lipinski definition) is 2. The maximum absolute atomic E-state index is 12.6. The molecule has 0 heterocycles. The summed E-state index contributed by atoms with van der Waals surface area (Å²) in [6, 6.07) is 6.04. The molecule has 3 heteroatoms. The van der Waals surface area contributed by atoms with Gasteiger partial charge in [0.15, 0.2) is 6.29 Å². The van der Waals surface area contributed by atoms with Gasteiger partial charge in [0.25, 0.3) is 0 Å². The third kappa shape index (κ3) is 2.64. The molecule has 1 unspecified atom stereocenters. The lowest BCUT2D eigenvalue weighted by molar-refractivity contribution is -0.125. The Morgan fingerprint density at radius 1 is 1.43 bits per heavy atom. The maximum atomic E-state index is 12.6. The molecule has 0 saturated heterocycles. The first-order chi connectivity index (χ1) is 6.59. The molecule has 14 heavy (non-hydrogen) atoms. The van der Waals surface area contributed by atoms with Crippen LogP contribution in [0.4, 0.5) is 4.39 Å². The highest BCUT2D eigenvalue weighted by Crippen LogP contribution is 2.14. The number of ether oxygens (including phenoxy) is 1. The predicted octanol–water partition coefficient (Wildman–Crippen LogP) is 1.97. The lowest BCUT2D eigenvalue weighted by atomic mass is 9.98. The molecule has 2 nitrogen and oxygen atoms in total. The molecule has 76 valence electrons. The summed E-state index contributed by atoms with van der Waals surface area (Å²) in [4.78, 5) is 10.7. The SMILES string of the molecule is COC(C)(C=O)Cc1ccc(F)cc1. The molecule has 0 fully saturated rings. The van der Waals surface area contributed by atoms with Crippen molar-refractivity contribution in [3.63, 3.8) is 0 Å². The second-order valence-electron chi connectivity index (χ2n) is 3.44. The third-order valence-corrected chi connectivity index (χ3v) is 2.18. The average molecular weight is 196 g/mol. The quantitative estimate of drug-likeness (QED) is 0.688. The lowest BCUT2D eigenvalue weighted by Crippen LogP contribution is -2.31. The normalized spacial score (nSPS) is 14.8. The van der Waals surface area contributed by atoms with Crippen LogP contribution in [0.25, 0.3) is 0 Å². The summed E-state index contributed by atoms with van der Waals surface area (Å²) >= 11 is 0. The summed E-state index contributed by atoms with van der Waals surface area (Å²) < 4.78 is 17.6. The standard InChI is InChI=1S/C11H13FO2/c1-11(8-13,14-2)7-9-3-5-10(12)6-4-9/h3-6,8H,7H2,1-2H3. The van der Waals surface area contributed by atoms with E-state index in [0.29, 0.717) is 6.42 Å². The zero-order valence-electron chi connectivity index (χ0n) is 8.29. The molecule has 0 bridgehead atoms. The average Bonchev–Trinajstić information content (AvgIpc) is 2.21. The summed E-state index contributed by atoms with van der Waals surface area (Å²) in [6.45, 7) is 1.70. The van der Waals surface area contributed by atoms with Gasteiger partial charge in [-0.25, -0.2) is 4.39 Å². The molecule has 0 amide bonds. The Morgan fingerprint density at radius 3 is 2.43 bits per heavy atom.